The van der Waals surface area contributed by atoms with Crippen LogP contribution in [0.5, 0.6) is 5.88 Å². The quantitative estimate of drug-likeness (QED) is 0.861. The minimum absolute atomic E-state index is 0.0221. The number of aromatic nitrogens is 3. The van der Waals surface area contributed by atoms with Gasteiger partial charge >= 0.3 is 0 Å². The first-order valence-electron chi connectivity index (χ1n) is 7.75. The second kappa shape index (κ2) is 6.08. The van der Waals surface area contributed by atoms with Gasteiger partial charge in [0.1, 0.15) is 6.10 Å². The molecule has 3 heterocycles. The van der Waals surface area contributed by atoms with Gasteiger partial charge in [-0.25, -0.2) is 19.3 Å². The highest BCUT2D eigenvalue weighted by Gasteiger charge is 2.45. The van der Waals surface area contributed by atoms with Crippen LogP contribution in [0.4, 0.5) is 10.3 Å². The lowest BCUT2D eigenvalue weighted by atomic mass is 10.1. The van der Waals surface area contributed by atoms with E-state index in [1.807, 2.05) is 0 Å². The fraction of sp³-hybridized carbons (Fsp3) is 0.438. The third-order valence-electron chi connectivity index (χ3n) is 4.34. The summed E-state index contributed by atoms with van der Waals surface area (Å²) in [6, 6.07) is 4.72. The van der Waals surface area contributed by atoms with Crippen molar-refractivity contribution in [3.8, 4) is 5.88 Å². The van der Waals surface area contributed by atoms with Crippen LogP contribution in [-0.4, -0.2) is 46.4 Å². The minimum Gasteiger partial charge on any atom is -0.467 e. The number of rotatable bonds is 3. The van der Waals surface area contributed by atoms with Crippen LogP contribution in [0.3, 0.4) is 0 Å². The molecule has 2 aliphatic rings. The van der Waals surface area contributed by atoms with Crippen molar-refractivity contribution in [2.45, 2.75) is 31.1 Å². The van der Waals surface area contributed by atoms with Gasteiger partial charge in [-0.15, -0.1) is 0 Å². The third kappa shape index (κ3) is 2.72. The Morgan fingerprint density at radius 3 is 2.78 bits per heavy atom. The summed E-state index contributed by atoms with van der Waals surface area (Å²) in [4.78, 5) is 14.8. The second-order valence-electron chi connectivity index (χ2n) is 5.67. The Bertz CT molecular complexity index is 672. The monoisotopic (exact) mass is 316 g/mol. The largest absolute Gasteiger partial charge is 0.467 e. The van der Waals surface area contributed by atoms with Crippen LogP contribution in [0.2, 0.25) is 0 Å². The van der Waals surface area contributed by atoms with Crippen LogP contribution >= 0.6 is 0 Å². The van der Waals surface area contributed by atoms with Crippen molar-refractivity contribution >= 4 is 5.95 Å². The molecule has 0 radical (unpaired) electrons. The molecular formula is C16H17FN4O2. The highest BCUT2D eigenvalue weighted by molar-refractivity contribution is 5.33. The predicted molar refractivity (Wildman–Crippen MR) is 80.8 cm³/mol. The molecule has 1 aliphatic carbocycles. The maximum Gasteiger partial charge on any atom is 0.250 e. The summed E-state index contributed by atoms with van der Waals surface area (Å²) in [6.07, 6.45) is 6.37. The van der Waals surface area contributed by atoms with Crippen molar-refractivity contribution in [3.05, 3.63) is 42.6 Å². The van der Waals surface area contributed by atoms with Crippen LogP contribution in [0, 0.1) is 5.82 Å². The maximum absolute atomic E-state index is 13.9. The van der Waals surface area contributed by atoms with Crippen molar-refractivity contribution in [2.24, 2.45) is 0 Å². The van der Waals surface area contributed by atoms with Crippen LogP contribution < -0.4 is 9.64 Å². The van der Waals surface area contributed by atoms with Gasteiger partial charge in [-0.3, -0.25) is 0 Å². The fourth-order valence-corrected chi connectivity index (χ4v) is 3.32. The van der Waals surface area contributed by atoms with E-state index in [0.29, 0.717) is 19.1 Å². The second-order valence-corrected chi connectivity index (χ2v) is 5.67. The van der Waals surface area contributed by atoms with Crippen LogP contribution in [0.25, 0.3) is 0 Å². The van der Waals surface area contributed by atoms with E-state index in [1.54, 1.807) is 24.5 Å². The molecule has 4 rings (SSSR count). The Labute approximate surface area is 133 Å². The van der Waals surface area contributed by atoms with Gasteiger partial charge in [0, 0.05) is 25.1 Å². The molecule has 120 valence electrons. The molecule has 0 amide bonds. The molecule has 2 bridgehead atoms. The Hall–Kier alpha value is -2.28. The molecule has 6 nitrogen and oxygen atoms in total. The molecule has 0 N–H and O–H groups in total. The Morgan fingerprint density at radius 2 is 1.96 bits per heavy atom. The van der Waals surface area contributed by atoms with E-state index in [9.17, 15) is 4.39 Å². The van der Waals surface area contributed by atoms with Crippen molar-refractivity contribution in [2.75, 3.05) is 18.1 Å². The first kappa shape index (κ1) is 14.3. The minimum atomic E-state index is -0.460. The summed E-state index contributed by atoms with van der Waals surface area (Å²) in [5.41, 5.74) is 0. The van der Waals surface area contributed by atoms with Crippen LogP contribution in [-0.2, 0) is 4.74 Å². The first-order valence-corrected chi connectivity index (χ1v) is 7.75. The molecule has 0 spiro atoms. The SMILES string of the molecule is Fc1cccnc1OC1C2CCC1N(c1ncccn1)CCO2. The standard InChI is InChI=1S/C16H17FN4O2/c17-11-3-1-6-18-15(11)23-14-12-4-5-13(14)22-10-9-21(12)16-19-7-2-8-20-16/h1-3,6-8,12-14H,4-5,9-10H2. The molecule has 2 aromatic heterocycles. The average molecular weight is 316 g/mol. The molecule has 3 atom stereocenters. The predicted octanol–water partition coefficient (Wildman–Crippen LogP) is 1.83. The zero-order valence-corrected chi connectivity index (χ0v) is 12.5. The van der Waals surface area contributed by atoms with Crippen molar-refractivity contribution in [1.82, 2.24) is 15.0 Å². The van der Waals surface area contributed by atoms with Crippen molar-refractivity contribution < 1.29 is 13.9 Å². The summed E-state index contributed by atoms with van der Waals surface area (Å²) in [7, 11) is 0. The number of fused-ring (bicyclic) bond motifs is 2. The van der Waals surface area contributed by atoms with Gasteiger partial charge in [0.25, 0.3) is 5.88 Å². The smallest absolute Gasteiger partial charge is 0.250 e. The summed E-state index contributed by atoms with van der Waals surface area (Å²) in [6.45, 7) is 1.26. The summed E-state index contributed by atoms with van der Waals surface area (Å²) >= 11 is 0. The molecule has 2 fully saturated rings. The van der Waals surface area contributed by atoms with E-state index in [2.05, 4.69) is 19.9 Å². The molecule has 2 aromatic rings. The van der Waals surface area contributed by atoms with E-state index in [0.717, 1.165) is 12.8 Å². The molecule has 1 saturated heterocycles. The van der Waals surface area contributed by atoms with E-state index in [1.165, 1.54) is 12.3 Å². The highest BCUT2D eigenvalue weighted by Crippen LogP contribution is 2.34. The average Bonchev–Trinajstić information content (AvgIpc) is 2.86. The number of halogens is 1. The number of hydrogen-bond acceptors (Lipinski definition) is 6. The van der Waals surface area contributed by atoms with E-state index in [-0.39, 0.29) is 24.1 Å². The first-order chi connectivity index (χ1) is 11.3. The number of hydrogen-bond donors (Lipinski definition) is 0. The number of nitrogens with zero attached hydrogens (tertiary/aromatic N) is 4. The lowest BCUT2D eigenvalue weighted by Crippen LogP contribution is -2.45. The lowest BCUT2D eigenvalue weighted by molar-refractivity contribution is 0.00102. The summed E-state index contributed by atoms with van der Waals surface area (Å²) in [5, 5.41) is 0. The molecule has 0 aromatic carbocycles. The topological polar surface area (TPSA) is 60.4 Å². The van der Waals surface area contributed by atoms with Crippen LogP contribution in [0.1, 0.15) is 12.8 Å². The maximum atomic E-state index is 13.9. The van der Waals surface area contributed by atoms with E-state index >= 15 is 0 Å². The summed E-state index contributed by atoms with van der Waals surface area (Å²) < 4.78 is 25.7. The number of anilines is 1. The van der Waals surface area contributed by atoms with Gasteiger partial charge in [0.05, 0.1) is 18.8 Å². The van der Waals surface area contributed by atoms with Gasteiger partial charge in [-0.2, -0.15) is 0 Å². The molecule has 23 heavy (non-hydrogen) atoms. The van der Waals surface area contributed by atoms with Gasteiger partial charge in [-0.1, -0.05) is 0 Å². The van der Waals surface area contributed by atoms with Gasteiger partial charge < -0.3 is 14.4 Å². The molecule has 3 unspecified atom stereocenters. The molecular weight excluding hydrogens is 299 g/mol. The Morgan fingerprint density at radius 1 is 1.13 bits per heavy atom. The molecule has 1 saturated carbocycles. The molecule has 7 heteroatoms. The zero-order chi connectivity index (χ0) is 15.6. The normalized spacial score (nSPS) is 26.8. The summed E-state index contributed by atoms with van der Waals surface area (Å²) in [5.74, 6) is 0.214. The number of ether oxygens (including phenoxy) is 2. The number of pyridine rings is 1. The van der Waals surface area contributed by atoms with Gasteiger partial charge in [-0.05, 0) is 31.0 Å². The van der Waals surface area contributed by atoms with E-state index < -0.39 is 5.82 Å². The zero-order valence-electron chi connectivity index (χ0n) is 12.5. The van der Waals surface area contributed by atoms with Crippen LogP contribution in [0.15, 0.2) is 36.8 Å². The van der Waals surface area contributed by atoms with Crippen molar-refractivity contribution in [1.29, 1.82) is 0 Å². The highest BCUT2D eigenvalue weighted by atomic mass is 19.1. The Kier molecular flexibility index (Phi) is 3.78. The third-order valence-corrected chi connectivity index (χ3v) is 4.34. The Balaban J connectivity index is 1.62. The van der Waals surface area contributed by atoms with E-state index in [4.69, 9.17) is 9.47 Å². The van der Waals surface area contributed by atoms with Gasteiger partial charge in [0.2, 0.25) is 5.95 Å². The van der Waals surface area contributed by atoms with Crippen molar-refractivity contribution in [3.63, 3.8) is 0 Å². The lowest BCUT2D eigenvalue weighted by Gasteiger charge is -2.31. The van der Waals surface area contributed by atoms with Gasteiger partial charge in [0.15, 0.2) is 5.82 Å². The fourth-order valence-electron chi connectivity index (χ4n) is 3.32. The molecule has 1 aliphatic heterocycles.